The first-order valence-electron chi connectivity index (χ1n) is 7.27. The van der Waals surface area contributed by atoms with E-state index in [-0.39, 0.29) is 11.4 Å². The zero-order valence-electron chi connectivity index (χ0n) is 13.0. The molecule has 3 rings (SSSR count). The van der Waals surface area contributed by atoms with Gasteiger partial charge in [0.1, 0.15) is 16.9 Å². The van der Waals surface area contributed by atoms with Crippen LogP contribution < -0.4 is 5.11 Å². The second kappa shape index (κ2) is 7.13. The highest BCUT2D eigenvalue weighted by atomic mass is 32.1. The van der Waals surface area contributed by atoms with Crippen molar-refractivity contribution in [3.63, 3.8) is 0 Å². The molecule has 2 aromatic carbocycles. The van der Waals surface area contributed by atoms with Gasteiger partial charge in [0, 0.05) is 17.0 Å². The maximum atomic E-state index is 13.0. The molecule has 0 bridgehead atoms. The Morgan fingerprint density at radius 3 is 2.65 bits per heavy atom. The van der Waals surface area contributed by atoms with Crippen LogP contribution in [-0.4, -0.2) is 9.91 Å². The molecule has 0 amide bonds. The number of nitrogens with zero attached hydrogens (tertiary/aromatic N) is 3. The van der Waals surface area contributed by atoms with Crippen molar-refractivity contribution in [2.45, 2.75) is 0 Å². The number of nitro benzene ring substituents is 1. The summed E-state index contributed by atoms with van der Waals surface area (Å²) in [5.41, 5.74) is 1.30. The van der Waals surface area contributed by atoms with E-state index in [9.17, 15) is 24.9 Å². The Labute approximate surface area is 151 Å². The average molecular weight is 366 g/mol. The lowest BCUT2D eigenvalue weighted by Gasteiger charge is -2.06. The van der Waals surface area contributed by atoms with Crippen molar-refractivity contribution in [2.24, 2.45) is 0 Å². The SMILES string of the molecule is N#CC(=Cc1ccc([O-])c([N+](=O)[O-])c1)c1nc(-c2ccc(F)cc2)cs1. The number of halogens is 1. The molecule has 128 valence electrons. The molecule has 3 aromatic rings. The van der Waals surface area contributed by atoms with Crippen LogP contribution in [0.1, 0.15) is 10.6 Å². The van der Waals surface area contributed by atoms with Gasteiger partial charge in [-0.15, -0.1) is 11.3 Å². The Morgan fingerprint density at radius 1 is 1.27 bits per heavy atom. The van der Waals surface area contributed by atoms with Gasteiger partial charge in [-0.2, -0.15) is 5.26 Å². The smallest absolute Gasteiger partial charge is 0.262 e. The van der Waals surface area contributed by atoms with Gasteiger partial charge in [0.2, 0.25) is 0 Å². The number of hydrogen-bond acceptors (Lipinski definition) is 6. The summed E-state index contributed by atoms with van der Waals surface area (Å²) in [6.45, 7) is 0. The minimum absolute atomic E-state index is 0.205. The zero-order valence-corrected chi connectivity index (χ0v) is 13.9. The van der Waals surface area contributed by atoms with Crippen LogP contribution >= 0.6 is 11.3 Å². The first kappa shape index (κ1) is 17.3. The highest BCUT2D eigenvalue weighted by Gasteiger charge is 2.11. The molecule has 1 heterocycles. The van der Waals surface area contributed by atoms with Crippen LogP contribution in [0.15, 0.2) is 47.8 Å². The van der Waals surface area contributed by atoms with Crippen LogP contribution in [0.25, 0.3) is 22.9 Å². The normalized spacial score (nSPS) is 11.2. The molecule has 0 fully saturated rings. The second-order valence-corrected chi connectivity index (χ2v) is 6.06. The van der Waals surface area contributed by atoms with Crippen molar-refractivity contribution >= 4 is 28.7 Å². The van der Waals surface area contributed by atoms with Crippen LogP contribution in [0.3, 0.4) is 0 Å². The quantitative estimate of drug-likeness (QED) is 0.394. The summed E-state index contributed by atoms with van der Waals surface area (Å²) in [6.07, 6.45) is 1.43. The summed E-state index contributed by atoms with van der Waals surface area (Å²) >= 11 is 1.22. The number of thiazole rings is 1. The van der Waals surface area contributed by atoms with Gasteiger partial charge in [-0.25, -0.2) is 9.37 Å². The molecule has 0 saturated carbocycles. The fraction of sp³-hybridized carbons (Fsp3) is 0. The predicted molar refractivity (Wildman–Crippen MR) is 93.5 cm³/mol. The highest BCUT2D eigenvalue weighted by Crippen LogP contribution is 2.29. The third-order valence-corrected chi connectivity index (χ3v) is 4.36. The Hall–Kier alpha value is -3.57. The molecule has 0 spiro atoms. The minimum atomic E-state index is -0.762. The molecule has 8 heteroatoms. The lowest BCUT2D eigenvalue weighted by Crippen LogP contribution is -1.97. The first-order chi connectivity index (χ1) is 12.5. The van der Waals surface area contributed by atoms with Crippen molar-refractivity contribution < 1.29 is 14.4 Å². The average Bonchev–Trinajstić information content (AvgIpc) is 3.11. The second-order valence-electron chi connectivity index (χ2n) is 5.20. The number of rotatable bonds is 4. The number of nitriles is 1. The molecule has 0 saturated heterocycles. The number of allylic oxidation sites excluding steroid dienone is 1. The van der Waals surface area contributed by atoms with E-state index < -0.39 is 16.4 Å². The summed E-state index contributed by atoms with van der Waals surface area (Å²) < 4.78 is 13.0. The predicted octanol–water partition coefficient (Wildman–Crippen LogP) is 4.00. The standard InChI is InChI=1S/C18H10FN3O3S/c19-14-4-2-12(3-5-14)15-10-26-18(21-15)13(9-20)7-11-1-6-17(23)16(8-11)22(24)25/h1-8,10,23H/p-1. The summed E-state index contributed by atoms with van der Waals surface area (Å²) in [5.74, 6) is -1.05. The van der Waals surface area contributed by atoms with Gasteiger partial charge in [-0.1, -0.05) is 12.1 Å². The maximum Gasteiger partial charge on any atom is 0.262 e. The van der Waals surface area contributed by atoms with E-state index in [1.54, 1.807) is 17.5 Å². The van der Waals surface area contributed by atoms with Crippen molar-refractivity contribution in [1.29, 1.82) is 5.26 Å². The van der Waals surface area contributed by atoms with Gasteiger partial charge in [-0.3, -0.25) is 10.1 Å². The van der Waals surface area contributed by atoms with Crippen LogP contribution in [0.5, 0.6) is 5.75 Å². The molecule has 26 heavy (non-hydrogen) atoms. The molecule has 0 aliphatic heterocycles. The fourth-order valence-electron chi connectivity index (χ4n) is 2.23. The van der Waals surface area contributed by atoms with Crippen LogP contribution in [0.4, 0.5) is 10.1 Å². The Morgan fingerprint density at radius 2 is 2.00 bits per heavy atom. The first-order valence-corrected chi connectivity index (χ1v) is 8.15. The molecule has 0 unspecified atom stereocenters. The third-order valence-electron chi connectivity index (χ3n) is 3.49. The van der Waals surface area contributed by atoms with E-state index in [4.69, 9.17) is 0 Å². The lowest BCUT2D eigenvalue weighted by atomic mass is 10.1. The molecule has 0 aliphatic rings. The summed E-state index contributed by atoms with van der Waals surface area (Å²) in [7, 11) is 0. The van der Waals surface area contributed by atoms with E-state index >= 15 is 0 Å². The van der Waals surface area contributed by atoms with Gasteiger partial charge >= 0.3 is 0 Å². The van der Waals surface area contributed by atoms with Gasteiger partial charge in [-0.05, 0) is 41.7 Å². The molecule has 0 aliphatic carbocycles. The van der Waals surface area contributed by atoms with Gasteiger partial charge < -0.3 is 5.11 Å². The Bertz CT molecular complexity index is 1050. The number of benzene rings is 2. The van der Waals surface area contributed by atoms with Crippen molar-refractivity contribution in [1.82, 2.24) is 4.98 Å². The summed E-state index contributed by atoms with van der Waals surface area (Å²) in [5, 5.41) is 33.9. The van der Waals surface area contributed by atoms with Crippen LogP contribution in [0, 0.1) is 27.3 Å². The summed E-state index contributed by atoms with van der Waals surface area (Å²) in [4.78, 5) is 14.5. The van der Waals surface area contributed by atoms with Gasteiger partial charge in [0.15, 0.2) is 0 Å². The van der Waals surface area contributed by atoms with Crippen molar-refractivity contribution in [2.75, 3.05) is 0 Å². The lowest BCUT2D eigenvalue weighted by molar-refractivity contribution is -0.398. The summed E-state index contributed by atoms with van der Waals surface area (Å²) in [6, 6.07) is 11.4. The molecule has 1 aromatic heterocycles. The minimum Gasteiger partial charge on any atom is -0.868 e. The largest absolute Gasteiger partial charge is 0.868 e. The molecule has 0 atom stereocenters. The van der Waals surface area contributed by atoms with Crippen molar-refractivity contribution in [3.8, 4) is 23.1 Å². The highest BCUT2D eigenvalue weighted by molar-refractivity contribution is 7.11. The molecule has 0 radical (unpaired) electrons. The fourth-order valence-corrected chi connectivity index (χ4v) is 3.02. The zero-order chi connectivity index (χ0) is 18.7. The Kier molecular flexibility index (Phi) is 4.73. The third kappa shape index (κ3) is 3.58. The molecule has 6 nitrogen and oxygen atoms in total. The van der Waals surface area contributed by atoms with Gasteiger partial charge in [0.05, 0.1) is 16.2 Å². The monoisotopic (exact) mass is 366 g/mol. The maximum absolute atomic E-state index is 13.0. The Balaban J connectivity index is 1.96. The van der Waals surface area contributed by atoms with E-state index in [0.717, 1.165) is 12.1 Å². The van der Waals surface area contributed by atoms with Crippen LogP contribution in [0.2, 0.25) is 0 Å². The molecular weight excluding hydrogens is 357 g/mol. The number of aromatic nitrogens is 1. The van der Waals surface area contributed by atoms with Crippen LogP contribution in [-0.2, 0) is 0 Å². The topological polar surface area (TPSA) is 103 Å². The van der Waals surface area contributed by atoms with E-state index in [1.165, 1.54) is 35.6 Å². The number of nitro groups is 1. The van der Waals surface area contributed by atoms with E-state index in [0.29, 0.717) is 21.8 Å². The number of hydrogen-bond donors (Lipinski definition) is 0. The molecule has 0 N–H and O–H groups in total. The van der Waals surface area contributed by atoms with E-state index in [1.807, 2.05) is 6.07 Å². The van der Waals surface area contributed by atoms with Crippen molar-refractivity contribution in [3.05, 3.63) is 74.3 Å². The van der Waals surface area contributed by atoms with Gasteiger partial charge in [0.25, 0.3) is 5.69 Å². The van der Waals surface area contributed by atoms with E-state index in [2.05, 4.69) is 4.98 Å². The molecular formula is C18H9FN3O3S-.